The lowest BCUT2D eigenvalue weighted by atomic mass is 9.71. The molecule has 1 unspecified atom stereocenters. The molecule has 6 nitrogen and oxygen atoms in total. The predicted molar refractivity (Wildman–Crippen MR) is 64.2 cm³/mol. The molecule has 102 valence electrons. The maximum atomic E-state index is 12.2. The second-order valence-electron chi connectivity index (χ2n) is 4.91. The van der Waals surface area contributed by atoms with E-state index >= 15 is 0 Å². The van der Waals surface area contributed by atoms with E-state index in [-0.39, 0.29) is 24.2 Å². The van der Waals surface area contributed by atoms with Gasteiger partial charge in [0.05, 0.1) is 25.2 Å². The predicted octanol–water partition coefficient (Wildman–Crippen LogP) is 0.917. The van der Waals surface area contributed by atoms with Crippen LogP contribution in [0.3, 0.4) is 0 Å². The normalized spacial score (nSPS) is 25.4. The number of furan rings is 1. The number of hydrogen-bond donors (Lipinski definition) is 1. The van der Waals surface area contributed by atoms with Crippen molar-refractivity contribution in [3.63, 3.8) is 0 Å². The lowest BCUT2D eigenvalue weighted by Gasteiger charge is -2.29. The summed E-state index contributed by atoms with van der Waals surface area (Å²) in [5, 5.41) is 2.38. The van der Waals surface area contributed by atoms with Crippen LogP contribution in [0.2, 0.25) is 0 Å². The maximum absolute atomic E-state index is 12.2. The van der Waals surface area contributed by atoms with E-state index in [0.717, 1.165) is 12.8 Å². The summed E-state index contributed by atoms with van der Waals surface area (Å²) in [6.07, 6.45) is 2.29. The minimum Gasteiger partial charge on any atom is -0.490 e. The van der Waals surface area contributed by atoms with Gasteiger partial charge in [0.1, 0.15) is 5.76 Å². The third-order valence-corrected chi connectivity index (χ3v) is 3.93. The quantitative estimate of drug-likeness (QED) is 0.804. The average Bonchev–Trinajstić information content (AvgIpc) is 2.89. The Labute approximate surface area is 110 Å². The number of aryl methyl sites for hydroxylation is 1. The summed E-state index contributed by atoms with van der Waals surface area (Å²) in [5.41, 5.74) is -0.169. The van der Waals surface area contributed by atoms with Crippen LogP contribution in [0.25, 0.3) is 0 Å². The van der Waals surface area contributed by atoms with Crippen molar-refractivity contribution in [1.29, 1.82) is 0 Å². The topological polar surface area (TPSA) is 77.8 Å². The first kappa shape index (κ1) is 12.1. The average molecular weight is 265 g/mol. The summed E-state index contributed by atoms with van der Waals surface area (Å²) in [6, 6.07) is 0. The summed E-state index contributed by atoms with van der Waals surface area (Å²) in [5.74, 6) is 0.869. The molecule has 19 heavy (non-hydrogen) atoms. The monoisotopic (exact) mass is 265 g/mol. The highest BCUT2D eigenvalue weighted by molar-refractivity contribution is 6.09. The Balaban J connectivity index is 2.21. The van der Waals surface area contributed by atoms with E-state index in [0.29, 0.717) is 23.5 Å². The van der Waals surface area contributed by atoms with Gasteiger partial charge in [-0.1, -0.05) is 0 Å². The molecule has 6 heteroatoms. The minimum absolute atomic E-state index is 0.151. The molecule has 2 amide bonds. The van der Waals surface area contributed by atoms with Gasteiger partial charge in [-0.25, -0.2) is 0 Å². The fraction of sp³-hybridized carbons (Fsp3) is 0.538. The molecular weight excluding hydrogens is 250 g/mol. The molecule has 0 saturated carbocycles. The van der Waals surface area contributed by atoms with Crippen LogP contribution in [-0.2, 0) is 21.4 Å². The fourth-order valence-corrected chi connectivity index (χ4v) is 3.14. The lowest BCUT2D eigenvalue weighted by Crippen LogP contribution is -2.38. The number of rotatable bonds is 2. The Kier molecular flexibility index (Phi) is 2.55. The molecule has 1 spiro atoms. The first-order chi connectivity index (χ1) is 9.12. The molecule has 2 aliphatic rings. The van der Waals surface area contributed by atoms with E-state index in [9.17, 15) is 9.59 Å². The molecule has 1 aromatic rings. The molecule has 1 fully saturated rings. The van der Waals surface area contributed by atoms with Crippen molar-refractivity contribution >= 4 is 11.8 Å². The molecule has 0 aromatic carbocycles. The smallest absolute Gasteiger partial charge is 0.328 e. The molecule has 1 aliphatic carbocycles. The van der Waals surface area contributed by atoms with E-state index < -0.39 is 5.41 Å². The molecule has 1 aromatic heterocycles. The second kappa shape index (κ2) is 4.01. The molecular formula is C13H15NO5. The van der Waals surface area contributed by atoms with Crippen LogP contribution >= 0.6 is 0 Å². The van der Waals surface area contributed by atoms with Gasteiger partial charge in [0.2, 0.25) is 17.6 Å². The number of carbonyl (C=O) groups excluding carboxylic acids is 2. The summed E-state index contributed by atoms with van der Waals surface area (Å²) >= 11 is 0. The number of ether oxygens (including phenoxy) is 2. The number of imide groups is 1. The van der Waals surface area contributed by atoms with E-state index in [2.05, 4.69) is 5.32 Å². The number of carbonyl (C=O) groups is 2. The van der Waals surface area contributed by atoms with Gasteiger partial charge in [0.15, 0.2) is 0 Å². The van der Waals surface area contributed by atoms with E-state index in [1.165, 1.54) is 14.2 Å². The van der Waals surface area contributed by atoms with Gasteiger partial charge in [0, 0.05) is 12.8 Å². The lowest BCUT2D eigenvalue weighted by molar-refractivity contribution is -0.126. The SMILES string of the molecule is COc1oc2c(c1OC)C1(CCC2)CC(=O)NC1=O. The highest BCUT2D eigenvalue weighted by Gasteiger charge is 2.54. The van der Waals surface area contributed by atoms with Crippen molar-refractivity contribution < 1.29 is 23.5 Å². The van der Waals surface area contributed by atoms with Crippen molar-refractivity contribution in [2.24, 2.45) is 0 Å². The molecule has 1 saturated heterocycles. The highest BCUT2D eigenvalue weighted by Crippen LogP contribution is 2.51. The van der Waals surface area contributed by atoms with Crippen molar-refractivity contribution in [2.45, 2.75) is 31.1 Å². The van der Waals surface area contributed by atoms with Crippen LogP contribution in [0.4, 0.5) is 0 Å². The zero-order valence-electron chi connectivity index (χ0n) is 10.9. The maximum Gasteiger partial charge on any atom is 0.328 e. The van der Waals surface area contributed by atoms with Gasteiger partial charge < -0.3 is 13.9 Å². The van der Waals surface area contributed by atoms with Gasteiger partial charge in [0.25, 0.3) is 0 Å². The van der Waals surface area contributed by atoms with Gasteiger partial charge in [-0.2, -0.15) is 0 Å². The zero-order chi connectivity index (χ0) is 13.6. The summed E-state index contributed by atoms with van der Waals surface area (Å²) < 4.78 is 16.1. The van der Waals surface area contributed by atoms with Crippen LogP contribution < -0.4 is 14.8 Å². The molecule has 0 bridgehead atoms. The Morgan fingerprint density at radius 1 is 1.26 bits per heavy atom. The summed E-state index contributed by atoms with van der Waals surface area (Å²) in [4.78, 5) is 23.8. The van der Waals surface area contributed by atoms with Crippen molar-refractivity contribution in [3.8, 4) is 11.7 Å². The molecule has 1 atom stereocenters. The van der Waals surface area contributed by atoms with Gasteiger partial charge in [-0.05, 0) is 12.8 Å². The Bertz CT molecular complexity index is 562. The van der Waals surface area contributed by atoms with E-state index in [4.69, 9.17) is 13.9 Å². The molecule has 1 N–H and O–H groups in total. The fourth-order valence-electron chi connectivity index (χ4n) is 3.14. The van der Waals surface area contributed by atoms with Crippen LogP contribution in [0, 0.1) is 0 Å². The first-order valence-electron chi connectivity index (χ1n) is 6.21. The Morgan fingerprint density at radius 2 is 2.05 bits per heavy atom. The number of fused-ring (bicyclic) bond motifs is 2. The largest absolute Gasteiger partial charge is 0.490 e. The zero-order valence-corrected chi connectivity index (χ0v) is 10.9. The van der Waals surface area contributed by atoms with Crippen molar-refractivity contribution in [3.05, 3.63) is 11.3 Å². The van der Waals surface area contributed by atoms with E-state index in [1.807, 2.05) is 0 Å². The van der Waals surface area contributed by atoms with E-state index in [1.54, 1.807) is 0 Å². The minimum atomic E-state index is -0.851. The van der Waals surface area contributed by atoms with Crippen molar-refractivity contribution in [1.82, 2.24) is 5.32 Å². The molecule has 0 radical (unpaired) electrons. The second-order valence-corrected chi connectivity index (χ2v) is 4.91. The highest BCUT2D eigenvalue weighted by atomic mass is 16.6. The van der Waals surface area contributed by atoms with Crippen LogP contribution in [0.5, 0.6) is 11.7 Å². The van der Waals surface area contributed by atoms with Crippen molar-refractivity contribution in [2.75, 3.05) is 14.2 Å². The number of hydrogen-bond acceptors (Lipinski definition) is 5. The standard InChI is InChI=1S/C13H15NO5/c1-17-10-9-7(19-11(10)18-2)4-3-5-13(9)6-8(15)14-12(13)16/h3-6H2,1-2H3,(H,14,15,16). The van der Waals surface area contributed by atoms with Gasteiger partial charge in [-0.15, -0.1) is 0 Å². The Hall–Kier alpha value is -1.98. The third kappa shape index (κ3) is 1.49. The summed E-state index contributed by atoms with van der Waals surface area (Å²) in [6.45, 7) is 0. The van der Waals surface area contributed by atoms with Crippen LogP contribution in [0.1, 0.15) is 30.6 Å². The molecule has 3 rings (SSSR count). The molecule has 2 heterocycles. The third-order valence-electron chi connectivity index (χ3n) is 3.93. The summed E-state index contributed by atoms with van der Waals surface area (Å²) in [7, 11) is 2.99. The number of nitrogens with one attached hydrogen (secondary N) is 1. The van der Waals surface area contributed by atoms with Crippen LogP contribution in [0.15, 0.2) is 4.42 Å². The molecule has 1 aliphatic heterocycles. The van der Waals surface area contributed by atoms with Crippen LogP contribution in [-0.4, -0.2) is 26.0 Å². The van der Waals surface area contributed by atoms with Gasteiger partial charge in [-0.3, -0.25) is 14.9 Å². The Morgan fingerprint density at radius 3 is 2.63 bits per heavy atom. The first-order valence-corrected chi connectivity index (χ1v) is 6.21. The number of methoxy groups -OCH3 is 2. The van der Waals surface area contributed by atoms with Gasteiger partial charge >= 0.3 is 5.95 Å². The number of amides is 2.